The van der Waals surface area contributed by atoms with Crippen molar-refractivity contribution < 1.29 is 23.8 Å². The van der Waals surface area contributed by atoms with Gasteiger partial charge in [-0.25, -0.2) is 4.79 Å². The predicted molar refractivity (Wildman–Crippen MR) is 80.9 cm³/mol. The van der Waals surface area contributed by atoms with E-state index in [1.54, 1.807) is 26.2 Å². The Morgan fingerprint density at radius 2 is 2.09 bits per heavy atom. The first-order chi connectivity index (χ1) is 10.4. The minimum atomic E-state index is -0.840. The van der Waals surface area contributed by atoms with Gasteiger partial charge in [0.1, 0.15) is 0 Å². The molecule has 0 aromatic heterocycles. The third-order valence-corrected chi connectivity index (χ3v) is 3.22. The molecule has 7 heteroatoms. The lowest BCUT2D eigenvalue weighted by Gasteiger charge is -2.16. The topological polar surface area (TPSA) is 65.1 Å². The Bertz CT molecular complexity index is 627. The lowest BCUT2D eigenvalue weighted by Crippen LogP contribution is -2.34. The molecule has 0 saturated heterocycles. The monoisotopic (exact) mass is 325 g/mol. The molecule has 0 N–H and O–H groups in total. The molecule has 1 aliphatic heterocycles. The van der Waals surface area contributed by atoms with E-state index in [0.29, 0.717) is 22.1 Å². The Morgan fingerprint density at radius 3 is 2.77 bits per heavy atom. The highest BCUT2D eigenvalue weighted by Gasteiger charge is 2.19. The van der Waals surface area contributed by atoms with Crippen LogP contribution in [0.2, 0.25) is 5.02 Å². The van der Waals surface area contributed by atoms with E-state index >= 15 is 0 Å². The largest absolute Gasteiger partial charge is 0.454 e. The third-order valence-electron chi connectivity index (χ3n) is 2.94. The van der Waals surface area contributed by atoms with Gasteiger partial charge >= 0.3 is 5.97 Å². The minimum absolute atomic E-state index is 0.119. The number of benzene rings is 1. The quantitative estimate of drug-likeness (QED) is 0.626. The van der Waals surface area contributed by atoms with Gasteiger partial charge in [-0.05, 0) is 30.7 Å². The van der Waals surface area contributed by atoms with Crippen LogP contribution in [0.4, 0.5) is 0 Å². The van der Waals surface area contributed by atoms with E-state index in [1.807, 2.05) is 0 Å². The van der Waals surface area contributed by atoms with Crippen LogP contribution in [0.25, 0.3) is 6.08 Å². The Labute approximate surface area is 133 Å². The average molecular weight is 326 g/mol. The zero-order valence-electron chi connectivity index (χ0n) is 12.5. The molecule has 1 amide bonds. The van der Waals surface area contributed by atoms with Crippen LogP contribution in [-0.2, 0) is 14.3 Å². The van der Waals surface area contributed by atoms with Gasteiger partial charge in [0.25, 0.3) is 5.91 Å². The maximum atomic E-state index is 11.7. The van der Waals surface area contributed by atoms with Gasteiger partial charge in [-0.15, -0.1) is 0 Å². The number of amides is 1. The molecule has 0 bridgehead atoms. The van der Waals surface area contributed by atoms with E-state index in [2.05, 4.69) is 0 Å². The molecule has 0 spiro atoms. The molecule has 1 atom stereocenters. The second-order valence-corrected chi connectivity index (χ2v) is 5.29. The van der Waals surface area contributed by atoms with Gasteiger partial charge in [0, 0.05) is 20.2 Å². The van der Waals surface area contributed by atoms with E-state index in [4.69, 9.17) is 25.8 Å². The number of likely N-dealkylation sites (N-methyl/N-ethyl adjacent to an activating group) is 1. The minimum Gasteiger partial charge on any atom is -0.454 e. The first-order valence-electron chi connectivity index (χ1n) is 6.57. The number of carbonyl (C=O) groups excluding carboxylic acids is 2. The molecule has 0 radical (unpaired) electrons. The number of fused-ring (bicyclic) bond motifs is 1. The van der Waals surface area contributed by atoms with Crippen LogP contribution < -0.4 is 9.47 Å². The molecule has 2 rings (SSSR count). The predicted octanol–water partition coefficient (Wildman–Crippen LogP) is 2.10. The van der Waals surface area contributed by atoms with Crippen LogP contribution in [0.15, 0.2) is 18.2 Å². The van der Waals surface area contributed by atoms with Crippen LogP contribution in [0.1, 0.15) is 12.5 Å². The van der Waals surface area contributed by atoms with Crippen LogP contribution >= 0.6 is 11.6 Å². The van der Waals surface area contributed by atoms with Gasteiger partial charge in [-0.2, -0.15) is 0 Å². The first kappa shape index (κ1) is 16.2. The number of hydrogen-bond acceptors (Lipinski definition) is 5. The summed E-state index contributed by atoms with van der Waals surface area (Å²) in [7, 11) is 3.19. The molecule has 1 aliphatic rings. The summed E-state index contributed by atoms with van der Waals surface area (Å²) in [5, 5.41) is 0.402. The number of rotatable bonds is 4. The van der Waals surface area contributed by atoms with Gasteiger partial charge in [-0.3, -0.25) is 4.79 Å². The van der Waals surface area contributed by atoms with E-state index < -0.39 is 12.1 Å². The Balaban J connectivity index is 2.01. The number of carbonyl (C=O) groups is 2. The van der Waals surface area contributed by atoms with E-state index in [1.165, 1.54) is 24.0 Å². The maximum absolute atomic E-state index is 11.7. The second kappa shape index (κ2) is 6.70. The molecular formula is C15H16ClNO5. The van der Waals surface area contributed by atoms with Crippen molar-refractivity contribution in [3.8, 4) is 11.5 Å². The Kier molecular flexibility index (Phi) is 4.92. The van der Waals surface area contributed by atoms with Crippen molar-refractivity contribution in [3.63, 3.8) is 0 Å². The summed E-state index contributed by atoms with van der Waals surface area (Å²) in [4.78, 5) is 24.7. The summed E-state index contributed by atoms with van der Waals surface area (Å²) in [6.45, 7) is 1.64. The zero-order valence-corrected chi connectivity index (χ0v) is 13.2. The van der Waals surface area contributed by atoms with Crippen molar-refractivity contribution in [1.82, 2.24) is 4.90 Å². The molecule has 118 valence electrons. The van der Waals surface area contributed by atoms with Crippen molar-refractivity contribution in [2.24, 2.45) is 0 Å². The first-order valence-corrected chi connectivity index (χ1v) is 6.95. The lowest BCUT2D eigenvalue weighted by atomic mass is 10.2. The van der Waals surface area contributed by atoms with Crippen LogP contribution in [0.5, 0.6) is 11.5 Å². The van der Waals surface area contributed by atoms with Crippen molar-refractivity contribution in [2.75, 3.05) is 20.9 Å². The Hall–Kier alpha value is -2.21. The number of esters is 1. The van der Waals surface area contributed by atoms with Crippen LogP contribution in [-0.4, -0.2) is 43.8 Å². The van der Waals surface area contributed by atoms with Gasteiger partial charge in [0.15, 0.2) is 17.6 Å². The fourth-order valence-electron chi connectivity index (χ4n) is 1.88. The molecule has 0 unspecified atom stereocenters. The Morgan fingerprint density at radius 1 is 1.36 bits per heavy atom. The smallest absolute Gasteiger partial charge is 0.331 e. The average Bonchev–Trinajstić information content (AvgIpc) is 2.93. The molecule has 1 heterocycles. The highest BCUT2D eigenvalue weighted by molar-refractivity contribution is 6.32. The van der Waals surface area contributed by atoms with Gasteiger partial charge in [-0.1, -0.05) is 11.6 Å². The fourth-order valence-corrected chi connectivity index (χ4v) is 2.15. The number of hydrogen-bond donors (Lipinski definition) is 0. The molecule has 1 aromatic carbocycles. The molecule has 22 heavy (non-hydrogen) atoms. The molecular weight excluding hydrogens is 310 g/mol. The van der Waals surface area contributed by atoms with Crippen LogP contribution in [0, 0.1) is 0 Å². The zero-order chi connectivity index (χ0) is 16.3. The molecule has 1 aromatic rings. The summed E-state index contributed by atoms with van der Waals surface area (Å²) in [5.74, 6) is 0.118. The van der Waals surface area contributed by atoms with Gasteiger partial charge in [0.2, 0.25) is 6.79 Å². The lowest BCUT2D eigenvalue weighted by molar-refractivity contribution is -0.153. The van der Waals surface area contributed by atoms with E-state index in [-0.39, 0.29) is 12.7 Å². The molecule has 0 fully saturated rings. The standard InChI is InChI=1S/C15H16ClNO5/c1-9(15(19)17(2)3)22-13(18)5-4-10-6-11(16)14-12(7-10)20-8-21-14/h4-7,9H,8H2,1-3H3/b5-4+/t9-/m1/s1. The van der Waals surface area contributed by atoms with Crippen molar-refractivity contribution >= 4 is 29.6 Å². The molecule has 0 aliphatic carbocycles. The number of halogens is 1. The van der Waals surface area contributed by atoms with Crippen molar-refractivity contribution in [3.05, 3.63) is 28.8 Å². The van der Waals surface area contributed by atoms with E-state index in [9.17, 15) is 9.59 Å². The van der Waals surface area contributed by atoms with Crippen molar-refractivity contribution in [1.29, 1.82) is 0 Å². The normalized spacial score (nSPS) is 14.0. The van der Waals surface area contributed by atoms with Crippen molar-refractivity contribution in [2.45, 2.75) is 13.0 Å². The van der Waals surface area contributed by atoms with E-state index in [0.717, 1.165) is 0 Å². The highest BCUT2D eigenvalue weighted by Crippen LogP contribution is 2.40. The number of ether oxygens (including phenoxy) is 3. The summed E-state index contributed by atoms with van der Waals surface area (Å²) >= 11 is 6.05. The third kappa shape index (κ3) is 3.71. The highest BCUT2D eigenvalue weighted by atomic mass is 35.5. The molecule has 6 nitrogen and oxygen atoms in total. The summed E-state index contributed by atoms with van der Waals surface area (Å²) in [6.07, 6.45) is 1.92. The summed E-state index contributed by atoms with van der Waals surface area (Å²) in [6, 6.07) is 3.35. The maximum Gasteiger partial charge on any atom is 0.331 e. The van der Waals surface area contributed by atoms with Crippen LogP contribution in [0.3, 0.4) is 0 Å². The number of nitrogens with zero attached hydrogens (tertiary/aromatic N) is 1. The summed E-state index contributed by atoms with van der Waals surface area (Å²) < 4.78 is 15.5. The summed E-state index contributed by atoms with van der Waals surface area (Å²) in [5.41, 5.74) is 0.665. The SMILES string of the molecule is C[C@@H](OC(=O)/C=C/c1cc(Cl)c2c(c1)OCO2)C(=O)N(C)C. The van der Waals surface area contributed by atoms with Gasteiger partial charge < -0.3 is 19.1 Å². The molecule has 0 saturated carbocycles. The second-order valence-electron chi connectivity index (χ2n) is 4.88. The van der Waals surface area contributed by atoms with Gasteiger partial charge in [0.05, 0.1) is 5.02 Å². The fraction of sp³-hybridized carbons (Fsp3) is 0.333.